The number of rotatable bonds is 6. The van der Waals surface area contributed by atoms with E-state index in [-0.39, 0.29) is 23.9 Å². The molecule has 38 heavy (non-hydrogen) atoms. The van der Waals surface area contributed by atoms with Crippen LogP contribution in [0.25, 0.3) is 27.9 Å². The van der Waals surface area contributed by atoms with Crippen LogP contribution < -0.4 is 4.90 Å². The summed E-state index contributed by atoms with van der Waals surface area (Å²) in [5, 5.41) is 4.40. The molecule has 5 rings (SSSR count). The molecule has 2 atom stereocenters. The number of H-pyrrole nitrogens is 1. The molecule has 1 aliphatic rings. The van der Waals surface area contributed by atoms with E-state index in [2.05, 4.69) is 84.7 Å². The van der Waals surface area contributed by atoms with Gasteiger partial charge in [-0.15, -0.1) is 0 Å². The predicted octanol–water partition coefficient (Wildman–Crippen LogP) is 4.39. The first-order chi connectivity index (χ1) is 18.1. The van der Waals surface area contributed by atoms with Crippen molar-refractivity contribution in [2.24, 2.45) is 0 Å². The number of hydrogen-bond acceptors (Lipinski definition) is 6. The lowest BCUT2D eigenvalue weighted by Crippen LogP contribution is -2.58. The Morgan fingerprint density at radius 1 is 1.13 bits per heavy atom. The summed E-state index contributed by atoms with van der Waals surface area (Å²) in [6.07, 6.45) is 4.22. The van der Waals surface area contributed by atoms with Crippen molar-refractivity contribution in [2.45, 2.75) is 66.0 Å². The van der Waals surface area contributed by atoms with Crippen LogP contribution in [0.2, 0.25) is 0 Å². The molecule has 0 spiro atoms. The molecule has 4 aromatic rings. The standard InChI is InChI=1S/C29H40N8O/c1-17(2)26-27(22-15-37-29(30-16-31-37)21(6)20(22)5)32-23-9-10-24(33-28(23)26)35-13-19(4)36(14-18(35)3)25(38)11-12-34(7)8/h9-10,15-19,32H,11-14H2,1-8H3/t18-,19+/m0/s1. The molecule has 1 fully saturated rings. The maximum absolute atomic E-state index is 12.9. The van der Waals surface area contributed by atoms with Gasteiger partial charge in [0.05, 0.1) is 16.7 Å². The average molecular weight is 517 g/mol. The number of fused-ring (bicyclic) bond motifs is 2. The molecule has 9 heteroatoms. The van der Waals surface area contributed by atoms with Gasteiger partial charge in [0.25, 0.3) is 0 Å². The predicted molar refractivity (Wildman–Crippen MR) is 153 cm³/mol. The van der Waals surface area contributed by atoms with Gasteiger partial charge in [0, 0.05) is 55.5 Å². The van der Waals surface area contributed by atoms with E-state index in [1.807, 2.05) is 23.5 Å². The minimum Gasteiger partial charge on any atom is -0.353 e. The van der Waals surface area contributed by atoms with Gasteiger partial charge in [0.1, 0.15) is 12.1 Å². The largest absolute Gasteiger partial charge is 0.353 e. The molecule has 9 nitrogen and oxygen atoms in total. The van der Waals surface area contributed by atoms with Gasteiger partial charge in [-0.25, -0.2) is 14.5 Å². The summed E-state index contributed by atoms with van der Waals surface area (Å²) in [7, 11) is 4.01. The number of nitrogens with one attached hydrogen (secondary N) is 1. The van der Waals surface area contributed by atoms with Crippen LogP contribution in [0.15, 0.2) is 24.7 Å². The fourth-order valence-corrected chi connectivity index (χ4v) is 5.72. The number of aromatic amines is 1. The lowest BCUT2D eigenvalue weighted by atomic mass is 9.95. The third-order valence-electron chi connectivity index (χ3n) is 8.01. The molecular formula is C29H40N8O. The molecular weight excluding hydrogens is 476 g/mol. The van der Waals surface area contributed by atoms with E-state index in [1.54, 1.807) is 6.33 Å². The van der Waals surface area contributed by atoms with Crippen molar-refractivity contribution in [2.75, 3.05) is 38.6 Å². The Hall–Kier alpha value is -3.46. The molecule has 0 radical (unpaired) electrons. The van der Waals surface area contributed by atoms with Crippen LogP contribution in [-0.4, -0.2) is 86.1 Å². The highest BCUT2D eigenvalue weighted by Gasteiger charge is 2.33. The number of aromatic nitrogens is 5. The quantitative estimate of drug-likeness (QED) is 0.409. The number of piperazine rings is 1. The molecule has 202 valence electrons. The second-order valence-corrected chi connectivity index (χ2v) is 11.4. The monoisotopic (exact) mass is 516 g/mol. The highest BCUT2D eigenvalue weighted by atomic mass is 16.2. The Kier molecular flexibility index (Phi) is 6.90. The van der Waals surface area contributed by atoms with Gasteiger partial charge >= 0.3 is 0 Å². The van der Waals surface area contributed by atoms with Gasteiger partial charge in [-0.3, -0.25) is 4.79 Å². The molecule has 1 amide bonds. The van der Waals surface area contributed by atoms with Crippen LogP contribution in [0.4, 0.5) is 5.82 Å². The van der Waals surface area contributed by atoms with E-state index in [1.165, 1.54) is 11.1 Å². The minimum absolute atomic E-state index is 0.129. The molecule has 1 saturated heterocycles. The van der Waals surface area contributed by atoms with E-state index in [0.29, 0.717) is 13.0 Å². The lowest BCUT2D eigenvalue weighted by molar-refractivity contribution is -0.134. The first-order valence-corrected chi connectivity index (χ1v) is 13.6. The van der Waals surface area contributed by atoms with Gasteiger partial charge in [-0.2, -0.15) is 5.10 Å². The van der Waals surface area contributed by atoms with Crippen LogP contribution in [0.5, 0.6) is 0 Å². The fraction of sp³-hybridized carbons (Fsp3) is 0.517. The van der Waals surface area contributed by atoms with Crippen molar-refractivity contribution in [1.29, 1.82) is 0 Å². The molecule has 0 aromatic carbocycles. The van der Waals surface area contributed by atoms with E-state index in [4.69, 9.17) is 4.98 Å². The minimum atomic E-state index is 0.129. The van der Waals surface area contributed by atoms with Crippen LogP contribution in [0.1, 0.15) is 56.7 Å². The first kappa shape index (κ1) is 26.2. The lowest BCUT2D eigenvalue weighted by Gasteiger charge is -2.45. The highest BCUT2D eigenvalue weighted by Crippen LogP contribution is 2.38. The maximum atomic E-state index is 12.9. The smallest absolute Gasteiger partial charge is 0.224 e. The maximum Gasteiger partial charge on any atom is 0.224 e. The van der Waals surface area contributed by atoms with Gasteiger partial charge in [-0.05, 0) is 71.0 Å². The molecule has 1 aliphatic heterocycles. The molecule has 0 bridgehead atoms. The molecule has 0 saturated carbocycles. The van der Waals surface area contributed by atoms with E-state index in [9.17, 15) is 4.79 Å². The van der Waals surface area contributed by atoms with Crippen molar-refractivity contribution >= 4 is 28.4 Å². The first-order valence-electron chi connectivity index (χ1n) is 13.6. The van der Waals surface area contributed by atoms with E-state index in [0.717, 1.165) is 52.4 Å². The Morgan fingerprint density at radius 2 is 1.89 bits per heavy atom. The Bertz CT molecular complexity index is 1480. The Morgan fingerprint density at radius 3 is 2.61 bits per heavy atom. The van der Waals surface area contributed by atoms with E-state index >= 15 is 0 Å². The van der Waals surface area contributed by atoms with Crippen molar-refractivity contribution in [1.82, 2.24) is 34.4 Å². The molecule has 4 aromatic heterocycles. The van der Waals surface area contributed by atoms with Gasteiger partial charge in [-0.1, -0.05) is 13.8 Å². The summed E-state index contributed by atoms with van der Waals surface area (Å²) in [6.45, 7) is 15.3. The second-order valence-electron chi connectivity index (χ2n) is 11.4. The second kappa shape index (κ2) is 10.0. The van der Waals surface area contributed by atoms with Crippen LogP contribution >= 0.6 is 0 Å². The topological polar surface area (TPSA) is 85.7 Å². The van der Waals surface area contributed by atoms with Gasteiger partial charge in [0.2, 0.25) is 5.91 Å². The summed E-state index contributed by atoms with van der Waals surface area (Å²) >= 11 is 0. The summed E-state index contributed by atoms with van der Waals surface area (Å²) in [6, 6.07) is 4.57. The van der Waals surface area contributed by atoms with Crippen molar-refractivity contribution in [3.63, 3.8) is 0 Å². The zero-order valence-electron chi connectivity index (χ0n) is 23.9. The number of aryl methyl sites for hydroxylation is 1. The number of carbonyl (C=O) groups excluding carboxylic acids is 1. The number of pyridine rings is 2. The van der Waals surface area contributed by atoms with E-state index < -0.39 is 0 Å². The Labute approximate surface area is 224 Å². The molecule has 1 N–H and O–H groups in total. The van der Waals surface area contributed by atoms with Crippen molar-refractivity contribution in [3.05, 3.63) is 41.3 Å². The number of amides is 1. The van der Waals surface area contributed by atoms with Crippen molar-refractivity contribution < 1.29 is 4.79 Å². The zero-order chi connectivity index (χ0) is 27.3. The summed E-state index contributed by atoms with van der Waals surface area (Å²) in [4.78, 5) is 32.7. The van der Waals surface area contributed by atoms with Crippen LogP contribution in [-0.2, 0) is 4.79 Å². The molecule has 5 heterocycles. The normalized spacial score (nSPS) is 18.5. The average Bonchev–Trinajstić information content (AvgIpc) is 3.50. The molecule has 0 aliphatic carbocycles. The van der Waals surface area contributed by atoms with Crippen molar-refractivity contribution in [3.8, 4) is 11.3 Å². The Balaban J connectivity index is 1.51. The number of carbonyl (C=O) groups is 1. The number of anilines is 1. The zero-order valence-corrected chi connectivity index (χ0v) is 23.9. The van der Waals surface area contributed by atoms with Crippen LogP contribution in [0.3, 0.4) is 0 Å². The SMILES string of the molecule is Cc1c(-c2[nH]c3ccc(N4C[C@@H](C)N(C(=O)CCN(C)C)C[C@@H]4C)nc3c2C(C)C)cn2ncnc2c1C. The number of nitrogens with zero attached hydrogens (tertiary/aromatic N) is 7. The molecule has 0 unspecified atom stereocenters. The third-order valence-corrected chi connectivity index (χ3v) is 8.01. The summed E-state index contributed by atoms with van der Waals surface area (Å²) in [5.41, 5.74) is 8.66. The fourth-order valence-electron chi connectivity index (χ4n) is 5.72. The summed E-state index contributed by atoms with van der Waals surface area (Å²) in [5.74, 6) is 1.47. The number of hydrogen-bond donors (Lipinski definition) is 1. The van der Waals surface area contributed by atoms with Crippen LogP contribution in [0, 0.1) is 13.8 Å². The highest BCUT2D eigenvalue weighted by molar-refractivity contribution is 5.90. The van der Waals surface area contributed by atoms with Gasteiger partial charge < -0.3 is 19.7 Å². The van der Waals surface area contributed by atoms with Gasteiger partial charge in [0.15, 0.2) is 5.65 Å². The third kappa shape index (κ3) is 4.53. The summed E-state index contributed by atoms with van der Waals surface area (Å²) < 4.78 is 1.86.